The minimum Gasteiger partial charge on any atom is -0.101 e. The SMILES string of the molecule is C.CC.CC.CC#Cc1cccc(C#CC)c1. The molecule has 0 atom stereocenters. The molecule has 0 heteroatoms. The highest BCUT2D eigenvalue weighted by Gasteiger charge is 1.87. The summed E-state index contributed by atoms with van der Waals surface area (Å²) in [5.41, 5.74) is 2.05. The summed E-state index contributed by atoms with van der Waals surface area (Å²) in [4.78, 5) is 0. The molecule has 0 aliphatic heterocycles. The summed E-state index contributed by atoms with van der Waals surface area (Å²) in [7, 11) is 0. The predicted molar refractivity (Wildman–Crippen MR) is 81.0 cm³/mol. The molecular weight excluding hydrogens is 204 g/mol. The van der Waals surface area contributed by atoms with Crippen molar-refractivity contribution < 1.29 is 0 Å². The second-order valence-electron chi connectivity index (χ2n) is 2.33. The molecule has 0 spiro atoms. The van der Waals surface area contributed by atoms with Gasteiger partial charge in [0.25, 0.3) is 0 Å². The van der Waals surface area contributed by atoms with Crippen LogP contribution in [0, 0.1) is 23.7 Å². The third kappa shape index (κ3) is 10.6. The molecule has 0 aliphatic rings. The van der Waals surface area contributed by atoms with Gasteiger partial charge in [0.05, 0.1) is 0 Å². The average Bonchev–Trinajstić information content (AvgIpc) is 2.36. The van der Waals surface area contributed by atoms with Crippen LogP contribution in [0.25, 0.3) is 0 Å². The van der Waals surface area contributed by atoms with Gasteiger partial charge >= 0.3 is 0 Å². The molecule has 0 fully saturated rings. The Balaban J connectivity index is -0.000000355. The largest absolute Gasteiger partial charge is 0.101 e. The number of rotatable bonds is 0. The summed E-state index contributed by atoms with van der Waals surface area (Å²) in [6, 6.07) is 7.93. The van der Waals surface area contributed by atoms with Gasteiger partial charge in [-0.3, -0.25) is 0 Å². The van der Waals surface area contributed by atoms with Crippen LogP contribution >= 0.6 is 0 Å². The van der Waals surface area contributed by atoms with Gasteiger partial charge in [-0.2, -0.15) is 0 Å². The zero-order valence-electron chi connectivity index (χ0n) is 11.3. The van der Waals surface area contributed by atoms with Crippen LogP contribution < -0.4 is 0 Å². The van der Waals surface area contributed by atoms with E-state index >= 15 is 0 Å². The van der Waals surface area contributed by atoms with E-state index in [1.807, 2.05) is 65.8 Å². The van der Waals surface area contributed by atoms with Gasteiger partial charge < -0.3 is 0 Å². The highest BCUT2D eigenvalue weighted by molar-refractivity contribution is 5.43. The van der Waals surface area contributed by atoms with E-state index in [4.69, 9.17) is 0 Å². The fourth-order valence-electron chi connectivity index (χ4n) is 0.963. The van der Waals surface area contributed by atoms with E-state index in [9.17, 15) is 0 Å². The Morgan fingerprint density at radius 2 is 1.12 bits per heavy atom. The van der Waals surface area contributed by atoms with Gasteiger partial charge in [-0.1, -0.05) is 53.0 Å². The van der Waals surface area contributed by atoms with Crippen molar-refractivity contribution in [3.8, 4) is 23.7 Å². The Morgan fingerprint density at radius 3 is 1.41 bits per heavy atom. The second kappa shape index (κ2) is 16.8. The average molecular weight is 230 g/mol. The monoisotopic (exact) mass is 230 g/mol. The lowest BCUT2D eigenvalue weighted by atomic mass is 10.1. The molecule has 17 heavy (non-hydrogen) atoms. The van der Waals surface area contributed by atoms with E-state index in [1.165, 1.54) is 0 Å². The van der Waals surface area contributed by atoms with E-state index in [0.29, 0.717) is 0 Å². The Morgan fingerprint density at radius 1 is 0.765 bits per heavy atom. The fourth-order valence-corrected chi connectivity index (χ4v) is 0.963. The first-order valence-electron chi connectivity index (χ1n) is 5.82. The number of hydrogen-bond donors (Lipinski definition) is 0. The molecule has 0 unspecified atom stereocenters. The maximum absolute atomic E-state index is 2.99. The summed E-state index contributed by atoms with van der Waals surface area (Å²) in [5, 5.41) is 0. The van der Waals surface area contributed by atoms with Crippen molar-refractivity contribution in [3.63, 3.8) is 0 Å². The molecule has 0 amide bonds. The van der Waals surface area contributed by atoms with Crippen LogP contribution in [0.4, 0.5) is 0 Å². The maximum atomic E-state index is 2.99. The molecular formula is C17H26. The van der Waals surface area contributed by atoms with Crippen molar-refractivity contribution in [3.05, 3.63) is 35.4 Å². The van der Waals surface area contributed by atoms with E-state index in [1.54, 1.807) is 0 Å². The van der Waals surface area contributed by atoms with Crippen LogP contribution in [0.5, 0.6) is 0 Å². The molecule has 0 N–H and O–H groups in total. The minimum absolute atomic E-state index is 0. The summed E-state index contributed by atoms with van der Waals surface area (Å²) >= 11 is 0. The van der Waals surface area contributed by atoms with Gasteiger partial charge in [-0.25, -0.2) is 0 Å². The third-order valence-corrected chi connectivity index (χ3v) is 1.40. The zero-order chi connectivity index (χ0) is 12.8. The highest BCUT2D eigenvalue weighted by atomic mass is 13.9. The number of hydrogen-bond acceptors (Lipinski definition) is 0. The Labute approximate surface area is 108 Å². The summed E-state index contributed by atoms with van der Waals surface area (Å²) < 4.78 is 0. The van der Waals surface area contributed by atoms with Crippen molar-refractivity contribution in [2.75, 3.05) is 0 Å². The zero-order valence-corrected chi connectivity index (χ0v) is 11.3. The first kappa shape index (κ1) is 20.7. The van der Waals surface area contributed by atoms with Crippen molar-refractivity contribution in [2.45, 2.75) is 49.0 Å². The summed E-state index contributed by atoms with van der Waals surface area (Å²) in [5.74, 6) is 11.7. The standard InChI is InChI=1S/C12H10.2C2H6.CH4/c1-3-6-11-8-5-9-12(10-11)7-4-2;2*1-2;/h5,8-10H,1-2H3;2*1-2H3;1H4. The Bertz CT molecular complexity index is 342. The summed E-state index contributed by atoms with van der Waals surface area (Å²) in [6.45, 7) is 11.7. The van der Waals surface area contributed by atoms with Crippen LogP contribution in [-0.4, -0.2) is 0 Å². The lowest BCUT2D eigenvalue weighted by Gasteiger charge is -1.90. The molecule has 94 valence electrons. The summed E-state index contributed by atoms with van der Waals surface area (Å²) in [6.07, 6.45) is 0. The van der Waals surface area contributed by atoms with Gasteiger partial charge in [-0.15, -0.1) is 11.8 Å². The molecule has 1 rings (SSSR count). The van der Waals surface area contributed by atoms with Crippen LogP contribution in [0.2, 0.25) is 0 Å². The molecule has 0 aliphatic carbocycles. The highest BCUT2D eigenvalue weighted by Crippen LogP contribution is 2.01. The van der Waals surface area contributed by atoms with E-state index < -0.39 is 0 Å². The maximum Gasteiger partial charge on any atom is 0.0257 e. The van der Waals surface area contributed by atoms with E-state index in [2.05, 4.69) is 23.7 Å². The van der Waals surface area contributed by atoms with Crippen LogP contribution in [0.15, 0.2) is 24.3 Å². The van der Waals surface area contributed by atoms with Crippen LogP contribution in [0.3, 0.4) is 0 Å². The van der Waals surface area contributed by atoms with E-state index in [0.717, 1.165) is 11.1 Å². The Kier molecular flexibility index (Phi) is 20.4. The Hall–Kier alpha value is -1.66. The van der Waals surface area contributed by atoms with Crippen molar-refractivity contribution in [1.82, 2.24) is 0 Å². The van der Waals surface area contributed by atoms with Crippen LogP contribution in [-0.2, 0) is 0 Å². The molecule has 0 radical (unpaired) electrons. The molecule has 0 heterocycles. The van der Waals surface area contributed by atoms with Crippen LogP contribution in [0.1, 0.15) is 60.1 Å². The van der Waals surface area contributed by atoms with Crippen molar-refractivity contribution in [2.24, 2.45) is 0 Å². The fraction of sp³-hybridized carbons (Fsp3) is 0.412. The second-order valence-corrected chi connectivity index (χ2v) is 2.33. The van der Waals surface area contributed by atoms with Gasteiger partial charge in [-0.05, 0) is 32.0 Å². The lowest BCUT2D eigenvalue weighted by molar-refractivity contribution is 1.50. The topological polar surface area (TPSA) is 0 Å². The molecule has 0 bridgehead atoms. The number of benzene rings is 1. The minimum atomic E-state index is 0. The molecule has 0 aromatic heterocycles. The smallest absolute Gasteiger partial charge is 0.0257 e. The van der Waals surface area contributed by atoms with Gasteiger partial charge in [0, 0.05) is 11.1 Å². The first-order valence-corrected chi connectivity index (χ1v) is 5.82. The lowest BCUT2D eigenvalue weighted by Crippen LogP contribution is -1.76. The van der Waals surface area contributed by atoms with E-state index in [-0.39, 0.29) is 7.43 Å². The molecule has 0 saturated carbocycles. The molecule has 0 nitrogen and oxygen atoms in total. The van der Waals surface area contributed by atoms with Gasteiger partial charge in [0.15, 0.2) is 0 Å². The third-order valence-electron chi connectivity index (χ3n) is 1.40. The van der Waals surface area contributed by atoms with Crippen molar-refractivity contribution in [1.29, 1.82) is 0 Å². The predicted octanol–water partition coefficient (Wildman–Crippen LogP) is 5.12. The first-order chi connectivity index (χ1) is 7.86. The molecule has 1 aromatic carbocycles. The molecule has 1 aromatic rings. The normalized spacial score (nSPS) is 6.00. The van der Waals surface area contributed by atoms with Gasteiger partial charge in [0.2, 0.25) is 0 Å². The quantitative estimate of drug-likeness (QED) is 0.543. The van der Waals surface area contributed by atoms with Crippen molar-refractivity contribution >= 4 is 0 Å². The van der Waals surface area contributed by atoms with Gasteiger partial charge in [0.1, 0.15) is 0 Å². The molecule has 0 saturated heterocycles.